The second-order valence-electron chi connectivity index (χ2n) is 4.58. The highest BCUT2D eigenvalue weighted by atomic mass is 15.1. The summed E-state index contributed by atoms with van der Waals surface area (Å²) in [6.07, 6.45) is 2.40. The maximum absolute atomic E-state index is 3.46. The van der Waals surface area contributed by atoms with Gasteiger partial charge >= 0.3 is 0 Å². The fourth-order valence-corrected chi connectivity index (χ4v) is 1.72. The zero-order chi connectivity index (χ0) is 11.8. The molecule has 0 bridgehead atoms. The Balaban J connectivity index is 2.10. The van der Waals surface area contributed by atoms with Crippen molar-refractivity contribution in [1.82, 2.24) is 10.2 Å². The van der Waals surface area contributed by atoms with E-state index in [0.29, 0.717) is 0 Å². The van der Waals surface area contributed by atoms with E-state index in [4.69, 9.17) is 0 Å². The molecule has 0 radical (unpaired) electrons. The highest BCUT2D eigenvalue weighted by Gasteiger charge is 1.96. The number of benzene rings is 1. The van der Waals surface area contributed by atoms with E-state index in [-0.39, 0.29) is 0 Å². The number of hydrogen-bond acceptors (Lipinski definition) is 2. The average molecular weight is 220 g/mol. The largest absolute Gasteiger partial charge is 0.315 e. The standard InChI is InChI=1S/C14H24N2/c1-13-7-4-5-8-14(13)9-6-10-15-11-12-16(2)3/h4-5,7-8,15H,6,9-12H2,1-3H3. The van der Waals surface area contributed by atoms with E-state index >= 15 is 0 Å². The predicted octanol–water partition coefficient (Wildman–Crippen LogP) is 2.08. The highest BCUT2D eigenvalue weighted by molar-refractivity contribution is 5.25. The summed E-state index contributed by atoms with van der Waals surface area (Å²) in [5.74, 6) is 0. The second kappa shape index (κ2) is 7.42. The van der Waals surface area contributed by atoms with E-state index in [1.54, 1.807) is 0 Å². The van der Waals surface area contributed by atoms with Crippen molar-refractivity contribution >= 4 is 0 Å². The zero-order valence-electron chi connectivity index (χ0n) is 10.8. The second-order valence-corrected chi connectivity index (χ2v) is 4.58. The summed E-state index contributed by atoms with van der Waals surface area (Å²) in [7, 11) is 4.21. The molecule has 90 valence electrons. The molecule has 0 fully saturated rings. The first kappa shape index (κ1) is 13.2. The lowest BCUT2D eigenvalue weighted by Gasteiger charge is -2.10. The van der Waals surface area contributed by atoms with Crippen molar-refractivity contribution in [2.45, 2.75) is 19.8 Å². The molecule has 0 heterocycles. The molecule has 0 aromatic heterocycles. The maximum atomic E-state index is 3.46. The summed E-state index contributed by atoms with van der Waals surface area (Å²) < 4.78 is 0. The van der Waals surface area contributed by atoms with Crippen molar-refractivity contribution in [3.63, 3.8) is 0 Å². The topological polar surface area (TPSA) is 15.3 Å². The fraction of sp³-hybridized carbons (Fsp3) is 0.571. The molecule has 0 amide bonds. The molecule has 0 aliphatic carbocycles. The summed E-state index contributed by atoms with van der Waals surface area (Å²) >= 11 is 0. The van der Waals surface area contributed by atoms with E-state index in [1.165, 1.54) is 24.0 Å². The van der Waals surface area contributed by atoms with Crippen LogP contribution in [0.2, 0.25) is 0 Å². The first-order chi connectivity index (χ1) is 7.70. The molecule has 0 atom stereocenters. The van der Waals surface area contributed by atoms with Gasteiger partial charge < -0.3 is 10.2 Å². The summed E-state index contributed by atoms with van der Waals surface area (Å²) in [6, 6.07) is 8.65. The Bertz CT molecular complexity index is 295. The number of hydrogen-bond donors (Lipinski definition) is 1. The molecule has 1 aromatic rings. The third-order valence-electron chi connectivity index (χ3n) is 2.80. The van der Waals surface area contributed by atoms with Gasteiger partial charge in [-0.1, -0.05) is 24.3 Å². The van der Waals surface area contributed by atoms with Gasteiger partial charge in [-0.3, -0.25) is 0 Å². The quantitative estimate of drug-likeness (QED) is 0.708. The predicted molar refractivity (Wildman–Crippen MR) is 70.9 cm³/mol. The molecule has 2 heteroatoms. The highest BCUT2D eigenvalue weighted by Crippen LogP contribution is 2.08. The monoisotopic (exact) mass is 220 g/mol. The van der Waals surface area contributed by atoms with Crippen molar-refractivity contribution < 1.29 is 0 Å². The lowest BCUT2D eigenvalue weighted by molar-refractivity contribution is 0.399. The van der Waals surface area contributed by atoms with E-state index in [0.717, 1.165) is 19.6 Å². The fourth-order valence-electron chi connectivity index (χ4n) is 1.72. The lowest BCUT2D eigenvalue weighted by atomic mass is 10.0. The Hall–Kier alpha value is -0.860. The van der Waals surface area contributed by atoms with Gasteiger partial charge in [0.2, 0.25) is 0 Å². The van der Waals surface area contributed by atoms with Gasteiger partial charge in [-0.05, 0) is 51.5 Å². The van der Waals surface area contributed by atoms with E-state index < -0.39 is 0 Å². The average Bonchev–Trinajstić information content (AvgIpc) is 2.25. The van der Waals surface area contributed by atoms with Gasteiger partial charge in [0.05, 0.1) is 0 Å². The Morgan fingerprint density at radius 3 is 2.56 bits per heavy atom. The number of nitrogens with zero attached hydrogens (tertiary/aromatic N) is 1. The Labute approximate surface area is 99.7 Å². The molecular formula is C14H24N2. The van der Waals surface area contributed by atoms with Crippen molar-refractivity contribution in [3.05, 3.63) is 35.4 Å². The molecule has 0 spiro atoms. The third-order valence-corrected chi connectivity index (χ3v) is 2.80. The first-order valence-corrected chi connectivity index (χ1v) is 6.10. The Morgan fingerprint density at radius 1 is 1.12 bits per heavy atom. The van der Waals surface area contributed by atoms with Crippen molar-refractivity contribution in [2.24, 2.45) is 0 Å². The molecule has 0 saturated heterocycles. The van der Waals surface area contributed by atoms with Crippen molar-refractivity contribution in [3.8, 4) is 0 Å². The molecule has 0 saturated carbocycles. The SMILES string of the molecule is Cc1ccccc1CCCNCCN(C)C. The van der Waals surface area contributed by atoms with Gasteiger partial charge in [-0.15, -0.1) is 0 Å². The van der Waals surface area contributed by atoms with Gasteiger partial charge in [0.15, 0.2) is 0 Å². The molecular weight excluding hydrogens is 196 g/mol. The minimum atomic E-state index is 1.08. The number of aryl methyl sites for hydroxylation is 2. The molecule has 1 rings (SSSR count). The van der Waals surface area contributed by atoms with Crippen LogP contribution in [-0.4, -0.2) is 38.6 Å². The smallest absolute Gasteiger partial charge is 0.0101 e. The Kier molecular flexibility index (Phi) is 6.12. The molecule has 0 aliphatic heterocycles. The van der Waals surface area contributed by atoms with Crippen LogP contribution in [0.15, 0.2) is 24.3 Å². The van der Waals surface area contributed by atoms with Crippen LogP contribution >= 0.6 is 0 Å². The van der Waals surface area contributed by atoms with Crippen LogP contribution in [0.3, 0.4) is 0 Å². The van der Waals surface area contributed by atoms with Crippen LogP contribution in [0.4, 0.5) is 0 Å². The maximum Gasteiger partial charge on any atom is 0.0101 e. The van der Waals surface area contributed by atoms with Crippen LogP contribution in [0.5, 0.6) is 0 Å². The first-order valence-electron chi connectivity index (χ1n) is 6.10. The Morgan fingerprint density at radius 2 is 1.88 bits per heavy atom. The third kappa shape index (κ3) is 5.29. The van der Waals surface area contributed by atoms with Crippen LogP contribution in [0.1, 0.15) is 17.5 Å². The van der Waals surface area contributed by atoms with Gasteiger partial charge in [0.25, 0.3) is 0 Å². The molecule has 1 N–H and O–H groups in total. The van der Waals surface area contributed by atoms with Crippen molar-refractivity contribution in [2.75, 3.05) is 33.7 Å². The lowest BCUT2D eigenvalue weighted by Crippen LogP contribution is -2.27. The van der Waals surface area contributed by atoms with Crippen LogP contribution in [0.25, 0.3) is 0 Å². The summed E-state index contributed by atoms with van der Waals surface area (Å²) in [5.41, 5.74) is 2.90. The summed E-state index contributed by atoms with van der Waals surface area (Å²) in [4.78, 5) is 2.20. The molecule has 2 nitrogen and oxygen atoms in total. The summed E-state index contributed by atoms with van der Waals surface area (Å²) in [5, 5.41) is 3.46. The van der Waals surface area contributed by atoms with Gasteiger partial charge in [-0.25, -0.2) is 0 Å². The normalized spacial score (nSPS) is 11.0. The molecule has 16 heavy (non-hydrogen) atoms. The minimum absolute atomic E-state index is 1.08. The molecule has 1 aromatic carbocycles. The number of rotatable bonds is 7. The number of likely N-dealkylation sites (N-methyl/N-ethyl adjacent to an activating group) is 1. The minimum Gasteiger partial charge on any atom is -0.315 e. The molecule has 0 aliphatic rings. The van der Waals surface area contributed by atoms with Crippen LogP contribution < -0.4 is 5.32 Å². The van der Waals surface area contributed by atoms with E-state index in [1.807, 2.05) is 0 Å². The van der Waals surface area contributed by atoms with E-state index in [9.17, 15) is 0 Å². The van der Waals surface area contributed by atoms with Gasteiger partial charge in [-0.2, -0.15) is 0 Å². The number of nitrogens with one attached hydrogen (secondary N) is 1. The van der Waals surface area contributed by atoms with Gasteiger partial charge in [0, 0.05) is 13.1 Å². The van der Waals surface area contributed by atoms with Gasteiger partial charge in [0.1, 0.15) is 0 Å². The summed E-state index contributed by atoms with van der Waals surface area (Å²) in [6.45, 7) is 5.50. The van der Waals surface area contributed by atoms with Crippen LogP contribution in [0, 0.1) is 6.92 Å². The zero-order valence-corrected chi connectivity index (χ0v) is 10.8. The van der Waals surface area contributed by atoms with Crippen LogP contribution in [-0.2, 0) is 6.42 Å². The van der Waals surface area contributed by atoms with E-state index in [2.05, 4.69) is 55.5 Å². The molecule has 0 unspecified atom stereocenters. The van der Waals surface area contributed by atoms with Crippen molar-refractivity contribution in [1.29, 1.82) is 0 Å².